The molecule has 3 aromatic rings. The van der Waals surface area contributed by atoms with Crippen LogP contribution in [0, 0.1) is 13.8 Å². The highest BCUT2D eigenvalue weighted by Crippen LogP contribution is 2.14. The van der Waals surface area contributed by atoms with Crippen molar-refractivity contribution in [3.63, 3.8) is 0 Å². The number of aromatic nitrogens is 2. The largest absolute Gasteiger partial charge is 0.324 e. The summed E-state index contributed by atoms with van der Waals surface area (Å²) in [5.41, 5.74) is 3.44. The second-order valence-corrected chi connectivity index (χ2v) is 5.61. The predicted molar refractivity (Wildman–Crippen MR) is 90.5 cm³/mol. The van der Waals surface area contributed by atoms with E-state index in [1.165, 1.54) is 10.9 Å². The number of hydrogen-bond acceptors (Lipinski definition) is 3. The lowest BCUT2D eigenvalue weighted by Gasteiger charge is -2.10. The van der Waals surface area contributed by atoms with Crippen LogP contribution in [0.5, 0.6) is 0 Å². The lowest BCUT2D eigenvalue weighted by molar-refractivity contribution is -0.116. The normalized spacial score (nSPS) is 10.7. The standard InChI is InChI=1S/C18H17N3O2/c1-12-7-13(2)9-14(8-12)20-18(23)11-21-16-6-4-3-5-15(16)17(22)10-19-21/h3-10H,11H2,1-2H3,(H,20,23). The van der Waals surface area contributed by atoms with Gasteiger partial charge in [0.15, 0.2) is 0 Å². The lowest BCUT2D eigenvalue weighted by Crippen LogP contribution is -2.22. The monoisotopic (exact) mass is 307 g/mol. The van der Waals surface area contributed by atoms with Gasteiger partial charge in [-0.15, -0.1) is 0 Å². The molecule has 23 heavy (non-hydrogen) atoms. The van der Waals surface area contributed by atoms with Gasteiger partial charge in [0.05, 0.1) is 11.7 Å². The van der Waals surface area contributed by atoms with E-state index >= 15 is 0 Å². The van der Waals surface area contributed by atoms with Crippen LogP contribution in [0.25, 0.3) is 10.9 Å². The van der Waals surface area contributed by atoms with Gasteiger partial charge in [-0.2, -0.15) is 5.10 Å². The Morgan fingerprint density at radius 1 is 1.13 bits per heavy atom. The molecular formula is C18H17N3O2. The lowest BCUT2D eigenvalue weighted by atomic mass is 10.1. The Bertz CT molecular complexity index is 924. The molecule has 0 bridgehead atoms. The number of amides is 1. The summed E-state index contributed by atoms with van der Waals surface area (Å²) in [4.78, 5) is 24.1. The molecule has 2 aromatic carbocycles. The highest BCUT2D eigenvalue weighted by Gasteiger charge is 2.08. The van der Waals surface area contributed by atoms with E-state index in [0.717, 1.165) is 16.8 Å². The molecule has 1 aromatic heterocycles. The number of anilines is 1. The molecule has 1 heterocycles. The molecule has 116 valence electrons. The maximum atomic E-state index is 12.3. The molecule has 0 atom stereocenters. The summed E-state index contributed by atoms with van der Waals surface area (Å²) in [5.74, 6) is -0.184. The summed E-state index contributed by atoms with van der Waals surface area (Å²) in [5, 5.41) is 7.50. The van der Waals surface area contributed by atoms with Crippen molar-refractivity contribution in [2.75, 3.05) is 5.32 Å². The molecule has 0 aliphatic rings. The van der Waals surface area contributed by atoms with Gasteiger partial charge in [-0.1, -0.05) is 18.2 Å². The molecule has 3 rings (SSSR count). The third-order valence-corrected chi connectivity index (χ3v) is 3.56. The minimum atomic E-state index is -0.184. The van der Waals surface area contributed by atoms with Crippen LogP contribution >= 0.6 is 0 Å². The molecule has 0 fully saturated rings. The summed E-state index contributed by atoms with van der Waals surface area (Å²) in [6.07, 6.45) is 1.24. The van der Waals surface area contributed by atoms with E-state index in [1.54, 1.807) is 18.2 Å². The van der Waals surface area contributed by atoms with Gasteiger partial charge >= 0.3 is 0 Å². The van der Waals surface area contributed by atoms with E-state index in [0.29, 0.717) is 10.9 Å². The fraction of sp³-hybridized carbons (Fsp3) is 0.167. The fourth-order valence-corrected chi connectivity index (χ4v) is 2.67. The summed E-state index contributed by atoms with van der Waals surface area (Å²) in [7, 11) is 0. The Morgan fingerprint density at radius 2 is 1.83 bits per heavy atom. The van der Waals surface area contributed by atoms with Crippen LogP contribution in [0.4, 0.5) is 5.69 Å². The predicted octanol–water partition coefficient (Wildman–Crippen LogP) is 2.65. The molecule has 1 N–H and O–H groups in total. The number of para-hydroxylation sites is 1. The van der Waals surface area contributed by atoms with Crippen molar-refractivity contribution in [1.82, 2.24) is 9.78 Å². The molecule has 0 saturated carbocycles. The van der Waals surface area contributed by atoms with Crippen LogP contribution in [0.3, 0.4) is 0 Å². The van der Waals surface area contributed by atoms with Crippen LogP contribution in [0.1, 0.15) is 11.1 Å². The van der Waals surface area contributed by atoms with Crippen LogP contribution in [0.15, 0.2) is 53.5 Å². The maximum absolute atomic E-state index is 12.3. The first-order valence-electron chi connectivity index (χ1n) is 7.36. The van der Waals surface area contributed by atoms with Crippen LogP contribution in [-0.2, 0) is 11.3 Å². The zero-order chi connectivity index (χ0) is 16.4. The van der Waals surface area contributed by atoms with E-state index in [2.05, 4.69) is 10.4 Å². The van der Waals surface area contributed by atoms with E-state index in [9.17, 15) is 9.59 Å². The first-order valence-corrected chi connectivity index (χ1v) is 7.36. The van der Waals surface area contributed by atoms with Gasteiger partial charge in [0.1, 0.15) is 6.54 Å². The number of nitrogens with one attached hydrogen (secondary N) is 1. The molecule has 0 aliphatic heterocycles. The molecule has 5 heteroatoms. The molecular weight excluding hydrogens is 290 g/mol. The third kappa shape index (κ3) is 3.29. The molecule has 1 amide bonds. The van der Waals surface area contributed by atoms with Crippen molar-refractivity contribution < 1.29 is 4.79 Å². The summed E-state index contributed by atoms with van der Waals surface area (Å²) in [6, 6.07) is 13.0. The van der Waals surface area contributed by atoms with Crippen LogP contribution < -0.4 is 10.7 Å². The quantitative estimate of drug-likeness (QED) is 0.809. The van der Waals surface area contributed by atoms with Crippen molar-refractivity contribution in [3.8, 4) is 0 Å². The van der Waals surface area contributed by atoms with E-state index < -0.39 is 0 Å². The Labute approximate surface area is 133 Å². The van der Waals surface area contributed by atoms with Crippen molar-refractivity contribution in [2.45, 2.75) is 20.4 Å². The topological polar surface area (TPSA) is 64.0 Å². The minimum Gasteiger partial charge on any atom is -0.324 e. The Hall–Kier alpha value is -2.95. The average Bonchev–Trinajstić information content (AvgIpc) is 2.49. The Balaban J connectivity index is 1.86. The van der Waals surface area contributed by atoms with Gasteiger partial charge < -0.3 is 5.32 Å². The number of fused-ring (bicyclic) bond motifs is 1. The van der Waals surface area contributed by atoms with Gasteiger partial charge in [0.2, 0.25) is 11.3 Å². The minimum absolute atomic E-state index is 0.0494. The molecule has 5 nitrogen and oxygen atoms in total. The summed E-state index contributed by atoms with van der Waals surface area (Å²) in [6.45, 7) is 4.02. The van der Waals surface area contributed by atoms with Gasteiger partial charge in [0, 0.05) is 11.1 Å². The fourth-order valence-electron chi connectivity index (χ4n) is 2.67. The number of nitrogens with zero attached hydrogens (tertiary/aromatic N) is 2. The number of benzene rings is 2. The smallest absolute Gasteiger partial charge is 0.246 e. The Kier molecular flexibility index (Phi) is 3.93. The molecule has 0 saturated heterocycles. The summed E-state index contributed by atoms with van der Waals surface area (Å²) >= 11 is 0. The Morgan fingerprint density at radius 3 is 2.57 bits per heavy atom. The number of carbonyl (C=O) groups excluding carboxylic acids is 1. The average molecular weight is 307 g/mol. The summed E-state index contributed by atoms with van der Waals surface area (Å²) < 4.78 is 1.54. The van der Waals surface area contributed by atoms with E-state index in [4.69, 9.17) is 0 Å². The molecule has 0 spiro atoms. The zero-order valence-corrected chi connectivity index (χ0v) is 13.0. The van der Waals surface area contributed by atoms with Crippen molar-refractivity contribution in [1.29, 1.82) is 0 Å². The first-order chi connectivity index (χ1) is 11.0. The number of carbonyl (C=O) groups is 1. The van der Waals surface area contributed by atoms with Gasteiger partial charge in [0.25, 0.3) is 0 Å². The third-order valence-electron chi connectivity index (χ3n) is 3.56. The molecule has 0 aliphatic carbocycles. The SMILES string of the molecule is Cc1cc(C)cc(NC(=O)Cn2ncc(=O)c3ccccc32)c1. The maximum Gasteiger partial charge on any atom is 0.246 e. The van der Waals surface area contributed by atoms with Crippen molar-refractivity contribution >= 4 is 22.5 Å². The number of hydrogen-bond donors (Lipinski definition) is 1. The van der Waals surface area contributed by atoms with Crippen molar-refractivity contribution in [3.05, 3.63) is 70.0 Å². The zero-order valence-electron chi connectivity index (χ0n) is 13.0. The van der Waals surface area contributed by atoms with E-state index in [1.807, 2.05) is 38.1 Å². The van der Waals surface area contributed by atoms with Crippen LogP contribution in [0.2, 0.25) is 0 Å². The van der Waals surface area contributed by atoms with Crippen molar-refractivity contribution in [2.24, 2.45) is 0 Å². The van der Waals surface area contributed by atoms with Gasteiger partial charge in [-0.25, -0.2) is 0 Å². The number of aryl methyl sites for hydroxylation is 2. The van der Waals surface area contributed by atoms with Gasteiger partial charge in [-0.05, 0) is 49.2 Å². The highest BCUT2D eigenvalue weighted by atomic mass is 16.2. The van der Waals surface area contributed by atoms with E-state index in [-0.39, 0.29) is 17.9 Å². The molecule has 0 unspecified atom stereocenters. The second kappa shape index (κ2) is 6.04. The first kappa shape index (κ1) is 15.0. The van der Waals surface area contributed by atoms with Gasteiger partial charge in [-0.3, -0.25) is 14.3 Å². The number of rotatable bonds is 3. The molecule has 0 radical (unpaired) electrons. The second-order valence-electron chi connectivity index (χ2n) is 5.61. The highest BCUT2D eigenvalue weighted by molar-refractivity contribution is 5.91. The van der Waals surface area contributed by atoms with Crippen LogP contribution in [-0.4, -0.2) is 15.7 Å².